The molecule has 2 N–H and O–H groups in total. The first-order chi connectivity index (χ1) is 6.73. The van der Waals surface area contributed by atoms with E-state index in [-0.39, 0.29) is 16.6 Å². The van der Waals surface area contributed by atoms with E-state index in [0.29, 0.717) is 0 Å². The average molecular weight is 218 g/mol. The van der Waals surface area contributed by atoms with Crippen LogP contribution in [-0.2, 0) is 6.18 Å². The number of rotatable bonds is 1. The summed E-state index contributed by atoms with van der Waals surface area (Å²) in [5, 5.41) is 17.9. The van der Waals surface area contributed by atoms with Crippen LogP contribution in [0.15, 0.2) is 12.1 Å². The van der Waals surface area contributed by atoms with Crippen LogP contribution >= 0.6 is 0 Å². The molecule has 0 radical (unpaired) electrons. The maximum atomic E-state index is 12.4. The molecule has 0 amide bonds. The zero-order valence-corrected chi connectivity index (χ0v) is 8.26. The minimum absolute atomic E-state index is 0.128. The molecule has 2 nitrogen and oxygen atoms in total. The van der Waals surface area contributed by atoms with Crippen LogP contribution in [0.2, 0.25) is 0 Å². The van der Waals surface area contributed by atoms with Crippen LogP contribution in [0.25, 0.3) is 0 Å². The minimum atomic E-state index is -4.41. The predicted molar refractivity (Wildman–Crippen MR) is 50.7 cm³/mol. The third-order valence-electron chi connectivity index (χ3n) is 2.18. The molecule has 0 spiro atoms. The molecule has 0 heterocycles. The highest BCUT2D eigenvalue weighted by Gasteiger charge is 2.32. The first kappa shape index (κ1) is 12.1. The van der Waals surface area contributed by atoms with E-state index in [1.165, 1.54) is 13.8 Å². The van der Waals surface area contributed by atoms with Crippen LogP contribution in [0.4, 0.5) is 13.2 Å². The van der Waals surface area contributed by atoms with Gasteiger partial charge in [-0.3, -0.25) is 0 Å². The van der Waals surface area contributed by atoms with Crippen LogP contribution in [0.3, 0.4) is 0 Å². The highest BCUT2D eigenvalue weighted by atomic mass is 19.4. The number of aryl methyl sites for hydroxylation is 2. The molecular weight excluding hydrogens is 208 g/mol. The second-order valence-corrected chi connectivity index (χ2v) is 3.40. The van der Waals surface area contributed by atoms with Crippen molar-refractivity contribution in [2.75, 3.05) is 0 Å². The van der Waals surface area contributed by atoms with Gasteiger partial charge in [0.2, 0.25) is 0 Å². The van der Waals surface area contributed by atoms with Gasteiger partial charge in [0.05, 0.1) is 5.56 Å². The van der Waals surface area contributed by atoms with Crippen LogP contribution in [0.5, 0.6) is 0 Å². The Hall–Kier alpha value is -1.01. The van der Waals surface area contributed by atoms with E-state index >= 15 is 0 Å². The van der Waals surface area contributed by atoms with Gasteiger partial charge in [-0.25, -0.2) is 0 Å². The molecule has 0 aliphatic carbocycles. The number of benzene rings is 1. The molecule has 0 bridgehead atoms. The van der Waals surface area contributed by atoms with E-state index < -0.39 is 18.9 Å². The average Bonchev–Trinajstić information content (AvgIpc) is 1.99. The van der Waals surface area contributed by atoms with Crippen molar-refractivity contribution in [1.82, 2.24) is 0 Å². The fourth-order valence-electron chi connectivity index (χ4n) is 1.55. The lowest BCUT2D eigenvalue weighted by molar-refractivity contribution is -0.137. The minimum Gasteiger partial charge on any atom is -0.423 e. The Bertz CT molecular complexity index is 351. The maximum absolute atomic E-state index is 12.4. The highest BCUT2D eigenvalue weighted by molar-refractivity contribution is 6.59. The van der Waals surface area contributed by atoms with Crippen LogP contribution in [0, 0.1) is 13.8 Å². The van der Waals surface area contributed by atoms with E-state index in [1.807, 2.05) is 0 Å². The molecule has 0 atom stereocenters. The van der Waals surface area contributed by atoms with Gasteiger partial charge in [-0.2, -0.15) is 13.2 Å². The first-order valence-corrected chi connectivity index (χ1v) is 4.28. The van der Waals surface area contributed by atoms with Gasteiger partial charge in [0, 0.05) is 0 Å². The Morgan fingerprint density at radius 3 is 1.73 bits per heavy atom. The zero-order valence-electron chi connectivity index (χ0n) is 8.26. The summed E-state index contributed by atoms with van der Waals surface area (Å²) in [5.41, 5.74) is -0.209. The lowest BCUT2D eigenvalue weighted by Crippen LogP contribution is -2.35. The number of hydrogen-bond donors (Lipinski definition) is 2. The third kappa shape index (κ3) is 2.51. The number of halogens is 3. The lowest BCUT2D eigenvalue weighted by Gasteiger charge is -2.13. The lowest BCUT2D eigenvalue weighted by atomic mass is 9.74. The molecule has 1 aromatic carbocycles. The summed E-state index contributed by atoms with van der Waals surface area (Å²) in [6, 6.07) is 1.81. The second-order valence-electron chi connectivity index (χ2n) is 3.40. The summed E-state index contributed by atoms with van der Waals surface area (Å²) < 4.78 is 37.1. The summed E-state index contributed by atoms with van der Waals surface area (Å²) in [7, 11) is -1.74. The Labute approximate surface area is 85.5 Å². The predicted octanol–water partition coefficient (Wildman–Crippen LogP) is 1.00. The molecule has 82 valence electrons. The van der Waals surface area contributed by atoms with Crippen LogP contribution in [0.1, 0.15) is 16.7 Å². The van der Waals surface area contributed by atoms with Gasteiger partial charge in [0.15, 0.2) is 0 Å². The molecule has 0 saturated heterocycles. The Balaban J connectivity index is 3.32. The van der Waals surface area contributed by atoms with Crippen molar-refractivity contribution in [2.24, 2.45) is 0 Å². The SMILES string of the molecule is Cc1cc(C(F)(F)F)cc(C)c1B(O)O. The largest absolute Gasteiger partial charge is 0.488 e. The van der Waals surface area contributed by atoms with Crippen molar-refractivity contribution in [3.8, 4) is 0 Å². The molecule has 0 aliphatic rings. The van der Waals surface area contributed by atoms with Gasteiger partial charge in [-0.05, 0) is 31.4 Å². The standard InChI is InChI=1S/C9H10BF3O2/c1-5-3-7(9(11,12)13)4-6(2)8(5)10(14)15/h3-4,14-15H,1-2H3. The Morgan fingerprint density at radius 1 is 1.07 bits per heavy atom. The quantitative estimate of drug-likeness (QED) is 0.690. The van der Waals surface area contributed by atoms with E-state index in [0.717, 1.165) is 12.1 Å². The Morgan fingerprint density at radius 2 is 1.47 bits per heavy atom. The highest BCUT2D eigenvalue weighted by Crippen LogP contribution is 2.29. The molecule has 6 heteroatoms. The second kappa shape index (κ2) is 3.86. The van der Waals surface area contributed by atoms with E-state index in [9.17, 15) is 13.2 Å². The van der Waals surface area contributed by atoms with Gasteiger partial charge in [-0.1, -0.05) is 11.1 Å². The van der Waals surface area contributed by atoms with Crippen LogP contribution < -0.4 is 5.46 Å². The number of alkyl halides is 3. The summed E-state index contributed by atoms with van der Waals surface area (Å²) in [4.78, 5) is 0. The van der Waals surface area contributed by atoms with Gasteiger partial charge >= 0.3 is 13.3 Å². The molecule has 0 saturated carbocycles. The molecule has 1 aromatic rings. The molecule has 1 rings (SSSR count). The van der Waals surface area contributed by atoms with Crippen molar-refractivity contribution in [2.45, 2.75) is 20.0 Å². The topological polar surface area (TPSA) is 40.5 Å². The van der Waals surface area contributed by atoms with Crippen molar-refractivity contribution in [3.63, 3.8) is 0 Å². The van der Waals surface area contributed by atoms with Gasteiger partial charge < -0.3 is 10.0 Å². The maximum Gasteiger partial charge on any atom is 0.488 e. The molecule has 0 aromatic heterocycles. The van der Waals surface area contributed by atoms with E-state index in [2.05, 4.69) is 0 Å². The molecule has 0 unspecified atom stereocenters. The molecule has 0 aliphatic heterocycles. The van der Waals surface area contributed by atoms with Crippen molar-refractivity contribution in [3.05, 3.63) is 28.8 Å². The normalized spacial score (nSPS) is 11.7. The zero-order chi connectivity index (χ0) is 11.8. The van der Waals surface area contributed by atoms with E-state index in [4.69, 9.17) is 10.0 Å². The van der Waals surface area contributed by atoms with Gasteiger partial charge in [-0.15, -0.1) is 0 Å². The summed E-state index contributed by atoms with van der Waals surface area (Å²) in [6.45, 7) is 2.83. The monoisotopic (exact) mass is 218 g/mol. The van der Waals surface area contributed by atoms with Crippen molar-refractivity contribution in [1.29, 1.82) is 0 Å². The Kier molecular flexibility index (Phi) is 3.11. The van der Waals surface area contributed by atoms with Crippen molar-refractivity contribution < 1.29 is 23.2 Å². The third-order valence-corrected chi connectivity index (χ3v) is 2.18. The first-order valence-electron chi connectivity index (χ1n) is 4.28. The summed E-state index contributed by atoms with van der Waals surface area (Å²) >= 11 is 0. The molecular formula is C9H10BF3O2. The van der Waals surface area contributed by atoms with Crippen LogP contribution in [-0.4, -0.2) is 17.2 Å². The van der Waals surface area contributed by atoms with E-state index in [1.54, 1.807) is 0 Å². The summed E-state index contributed by atoms with van der Waals surface area (Å²) in [5.74, 6) is 0. The fourth-order valence-corrected chi connectivity index (χ4v) is 1.55. The van der Waals surface area contributed by atoms with Gasteiger partial charge in [0.25, 0.3) is 0 Å². The molecule has 0 fully saturated rings. The smallest absolute Gasteiger partial charge is 0.423 e. The van der Waals surface area contributed by atoms with Gasteiger partial charge in [0.1, 0.15) is 0 Å². The van der Waals surface area contributed by atoms with Crippen molar-refractivity contribution >= 4 is 12.6 Å². The summed E-state index contributed by atoms with van der Waals surface area (Å²) in [6.07, 6.45) is -4.41. The molecule has 15 heavy (non-hydrogen) atoms. The fraction of sp³-hybridized carbons (Fsp3) is 0.333. The number of hydrogen-bond acceptors (Lipinski definition) is 2.